The first-order valence-corrected chi connectivity index (χ1v) is 24.6. The summed E-state index contributed by atoms with van der Waals surface area (Å²) in [5.74, 6) is -2.71. The number of carbonyl (C=O) groups excluding carboxylic acids is 1. The number of carbonyl (C=O) groups is 1. The molecule has 6 rings (SSSR count). The fraction of sp³-hybridized carbons (Fsp3) is 0.385. The number of aromatic nitrogens is 3. The van der Waals surface area contributed by atoms with E-state index in [-0.39, 0.29) is 24.2 Å². The molecule has 4 aromatic carbocycles. The van der Waals surface area contributed by atoms with Gasteiger partial charge in [-0.1, -0.05) is 155 Å². The minimum Gasteiger partial charge on any atom is -0.472 e. The number of nitrogens with zero attached hydrogens (tertiary/aromatic N) is 3. The minimum absolute atomic E-state index is 0.0145. The van der Waals surface area contributed by atoms with Gasteiger partial charge in [0.1, 0.15) is 17.8 Å². The molecule has 0 fully saturated rings. The number of unbranched alkanes of at least 4 members (excludes halogenated alkanes) is 2. The average Bonchev–Trinajstić information content (AvgIpc) is 3.78. The number of benzene rings is 4. The second-order valence-corrected chi connectivity index (χ2v) is 23.1. The number of anilines is 1. The molecule has 0 saturated heterocycles. The molecule has 2 atom stereocenters. The first-order valence-electron chi connectivity index (χ1n) is 22.7. The summed E-state index contributed by atoms with van der Waals surface area (Å²) in [5, 5.41) is 11.9. The monoisotopic (exact) mass is 976 g/mol. The topological polar surface area (TPSA) is 118 Å². The highest BCUT2D eigenvalue weighted by Crippen LogP contribution is 2.48. The number of nitrogens with one attached hydrogen (secondary N) is 1. The van der Waals surface area contributed by atoms with Gasteiger partial charge in [-0.2, -0.15) is 26.3 Å². The summed E-state index contributed by atoms with van der Waals surface area (Å²) < 4.78 is 121. The molecule has 17 heteroatoms. The van der Waals surface area contributed by atoms with Crippen molar-refractivity contribution in [2.75, 3.05) is 5.32 Å². The van der Waals surface area contributed by atoms with E-state index in [1.807, 2.05) is 43.3 Å². The standard InChI is InChI=1S/C52H58F6N4O6Si/c1-36(68-69(49(5,6)7,39-28-18-10-19-29-39)40-30-20-11-21-31-40)23-13-12-22-32-50(52(56,57)58,65-35-38-26-16-9-17-27-38)46-62-61-45(66-46)43-42(59-47(63)67-48(2,3)4)33-41(51(53,54)55)44(60-43)64-34-37-24-14-8-15-25-37/h8-11,14-21,24-31,33,36H,12-13,22-23,32,34-35H2,1-7H3,(H,59,63)/t36-,50+/m0/s1. The Hall–Kier alpha value is -6.04. The molecule has 0 bridgehead atoms. The molecule has 0 radical (unpaired) electrons. The van der Waals surface area contributed by atoms with Gasteiger partial charge >= 0.3 is 18.4 Å². The molecule has 2 heterocycles. The Morgan fingerprint density at radius 3 is 1.75 bits per heavy atom. The van der Waals surface area contributed by atoms with Crippen LogP contribution in [0, 0.1) is 0 Å². The smallest absolute Gasteiger partial charge is 0.426 e. The predicted molar refractivity (Wildman–Crippen MR) is 253 cm³/mol. The molecular weight excluding hydrogens is 919 g/mol. The van der Waals surface area contributed by atoms with Crippen LogP contribution in [-0.4, -0.2) is 47.5 Å². The largest absolute Gasteiger partial charge is 0.472 e. The van der Waals surface area contributed by atoms with E-state index in [1.54, 1.807) is 60.7 Å². The van der Waals surface area contributed by atoms with Gasteiger partial charge in [-0.3, -0.25) is 5.32 Å². The van der Waals surface area contributed by atoms with Crippen molar-refractivity contribution < 1.29 is 54.2 Å². The number of ether oxygens (including phenoxy) is 3. The van der Waals surface area contributed by atoms with E-state index in [2.05, 4.69) is 65.5 Å². The van der Waals surface area contributed by atoms with Crippen molar-refractivity contribution >= 4 is 30.5 Å². The zero-order valence-corrected chi connectivity index (χ0v) is 40.7. The Morgan fingerprint density at radius 2 is 1.25 bits per heavy atom. The van der Waals surface area contributed by atoms with E-state index in [0.29, 0.717) is 36.5 Å². The molecule has 1 N–H and O–H groups in total. The highest BCUT2D eigenvalue weighted by atomic mass is 28.4. The van der Waals surface area contributed by atoms with Gasteiger partial charge in [0.25, 0.3) is 20.1 Å². The first kappa shape index (κ1) is 52.3. The lowest BCUT2D eigenvalue weighted by molar-refractivity contribution is -0.300. The van der Waals surface area contributed by atoms with Crippen molar-refractivity contribution in [1.29, 1.82) is 0 Å². The fourth-order valence-electron chi connectivity index (χ4n) is 8.09. The Kier molecular flexibility index (Phi) is 16.5. The highest BCUT2D eigenvalue weighted by Gasteiger charge is 2.61. The molecule has 368 valence electrons. The Morgan fingerprint density at radius 1 is 0.710 bits per heavy atom. The van der Waals surface area contributed by atoms with Crippen LogP contribution in [0.4, 0.5) is 36.8 Å². The number of pyridine rings is 1. The van der Waals surface area contributed by atoms with Gasteiger partial charge < -0.3 is 23.1 Å². The lowest BCUT2D eigenvalue weighted by atomic mass is 9.94. The van der Waals surface area contributed by atoms with Crippen LogP contribution in [0.25, 0.3) is 11.6 Å². The quantitative estimate of drug-likeness (QED) is 0.0481. The minimum atomic E-state index is -5.15. The summed E-state index contributed by atoms with van der Waals surface area (Å²) in [6, 6.07) is 37.3. The number of alkyl halides is 6. The SMILES string of the molecule is C[C@@H](CCCCC[C@@](OCc1ccccc1)(c1nnc(-c2nc(OCc3ccccc3)c(C(F)(F)F)cc2NC(=O)OC(C)(C)C)o1)C(F)(F)F)O[Si](c1ccccc1)(c1ccccc1)C(C)(C)C. The van der Waals surface area contributed by atoms with E-state index in [0.717, 1.165) is 10.4 Å². The maximum Gasteiger partial charge on any atom is 0.426 e. The third-order valence-corrected chi connectivity index (χ3v) is 16.5. The zero-order valence-electron chi connectivity index (χ0n) is 39.7. The molecule has 10 nitrogen and oxygen atoms in total. The van der Waals surface area contributed by atoms with E-state index in [4.69, 9.17) is 23.1 Å². The van der Waals surface area contributed by atoms with Crippen LogP contribution in [0.5, 0.6) is 5.88 Å². The van der Waals surface area contributed by atoms with Crippen molar-refractivity contribution in [2.45, 2.75) is 128 Å². The summed E-state index contributed by atoms with van der Waals surface area (Å²) in [5.41, 5.74) is -6.00. The second kappa shape index (κ2) is 21.7. The second-order valence-electron chi connectivity index (χ2n) is 18.8. The number of halogens is 6. The van der Waals surface area contributed by atoms with Gasteiger partial charge in [0.15, 0.2) is 5.69 Å². The summed E-state index contributed by atoms with van der Waals surface area (Å²) in [7, 11) is -2.90. The third kappa shape index (κ3) is 13.0. The average molecular weight is 977 g/mol. The van der Waals surface area contributed by atoms with Crippen LogP contribution in [0.1, 0.15) is 103 Å². The van der Waals surface area contributed by atoms with E-state index in [9.17, 15) is 18.0 Å². The molecule has 0 unspecified atom stereocenters. The predicted octanol–water partition coefficient (Wildman–Crippen LogP) is 13.0. The summed E-state index contributed by atoms with van der Waals surface area (Å²) in [6.07, 6.45) is -11.0. The molecule has 6 aromatic rings. The van der Waals surface area contributed by atoms with Gasteiger partial charge in [-0.05, 0) is 79.6 Å². The van der Waals surface area contributed by atoms with Crippen LogP contribution >= 0.6 is 0 Å². The molecule has 0 aliphatic carbocycles. The van der Waals surface area contributed by atoms with Gasteiger partial charge in [-0.15, -0.1) is 10.2 Å². The van der Waals surface area contributed by atoms with E-state index >= 15 is 13.2 Å². The first-order chi connectivity index (χ1) is 32.5. The number of hydrogen-bond donors (Lipinski definition) is 1. The highest BCUT2D eigenvalue weighted by molar-refractivity contribution is 6.99. The van der Waals surface area contributed by atoms with E-state index in [1.165, 1.54) is 20.8 Å². The molecule has 0 aliphatic heterocycles. The summed E-state index contributed by atoms with van der Waals surface area (Å²) >= 11 is 0. The zero-order chi connectivity index (χ0) is 50.1. The van der Waals surface area contributed by atoms with Gasteiger partial charge in [0.05, 0.1) is 12.3 Å². The van der Waals surface area contributed by atoms with Gasteiger partial charge in [0, 0.05) is 6.10 Å². The Bertz CT molecular complexity index is 2530. The normalized spacial score (nSPS) is 13.9. The van der Waals surface area contributed by atoms with Crippen molar-refractivity contribution in [3.8, 4) is 17.5 Å². The Balaban J connectivity index is 1.32. The van der Waals surface area contributed by atoms with Gasteiger partial charge in [0.2, 0.25) is 11.5 Å². The molecular formula is C52H58F6N4O6Si. The van der Waals surface area contributed by atoms with Crippen molar-refractivity contribution in [2.24, 2.45) is 0 Å². The van der Waals surface area contributed by atoms with Crippen molar-refractivity contribution in [3.05, 3.63) is 150 Å². The van der Waals surface area contributed by atoms with Crippen molar-refractivity contribution in [3.63, 3.8) is 0 Å². The summed E-state index contributed by atoms with van der Waals surface area (Å²) in [6.45, 7) is 12.2. The van der Waals surface area contributed by atoms with Crippen LogP contribution in [0.2, 0.25) is 5.04 Å². The summed E-state index contributed by atoms with van der Waals surface area (Å²) in [4.78, 5) is 17.1. The number of hydrogen-bond acceptors (Lipinski definition) is 9. The van der Waals surface area contributed by atoms with Crippen LogP contribution < -0.4 is 20.4 Å². The lowest BCUT2D eigenvalue weighted by Gasteiger charge is -2.44. The number of rotatable bonds is 19. The molecule has 2 aromatic heterocycles. The molecule has 69 heavy (non-hydrogen) atoms. The number of amides is 1. The molecule has 0 spiro atoms. The van der Waals surface area contributed by atoms with Crippen LogP contribution in [-0.2, 0) is 38.9 Å². The third-order valence-electron chi connectivity index (χ3n) is 11.3. The van der Waals surface area contributed by atoms with Crippen LogP contribution in [0.15, 0.2) is 132 Å². The maximum absolute atomic E-state index is 15.8. The van der Waals surface area contributed by atoms with E-state index < -0.39 is 85.6 Å². The molecule has 1 amide bonds. The Labute approximate surface area is 399 Å². The molecule has 0 aliphatic rings. The van der Waals surface area contributed by atoms with Crippen LogP contribution in [0.3, 0.4) is 0 Å². The molecule has 0 saturated carbocycles. The van der Waals surface area contributed by atoms with Crippen molar-refractivity contribution in [1.82, 2.24) is 15.2 Å². The van der Waals surface area contributed by atoms with Gasteiger partial charge in [-0.25, -0.2) is 9.78 Å². The fourth-order valence-corrected chi connectivity index (χ4v) is 12.8. The lowest BCUT2D eigenvalue weighted by Crippen LogP contribution is -2.67. The maximum atomic E-state index is 15.8.